The van der Waals surface area contributed by atoms with Gasteiger partial charge in [0.1, 0.15) is 18.3 Å². The summed E-state index contributed by atoms with van der Waals surface area (Å²) in [6.45, 7) is 2.12. The zero-order chi connectivity index (χ0) is 28.1. The maximum absolute atomic E-state index is 13.0. The van der Waals surface area contributed by atoms with E-state index in [4.69, 9.17) is 23.3 Å². The first-order valence-electron chi connectivity index (χ1n) is 12.9. The molecule has 0 aliphatic heterocycles. The molecule has 0 heterocycles. The minimum Gasteiger partial charge on any atom is -0.391 e. The molecule has 0 saturated heterocycles. The van der Waals surface area contributed by atoms with E-state index < -0.39 is 38.1 Å². The molecule has 9 heteroatoms. The van der Waals surface area contributed by atoms with Crippen LogP contribution in [0.25, 0.3) is 0 Å². The van der Waals surface area contributed by atoms with Crippen molar-refractivity contribution >= 4 is 7.60 Å². The van der Waals surface area contributed by atoms with Crippen molar-refractivity contribution < 1.29 is 38.0 Å². The van der Waals surface area contributed by atoms with Crippen LogP contribution >= 0.6 is 7.60 Å². The first kappa shape index (κ1) is 31.1. The Kier molecular flexibility index (Phi) is 12.8. The van der Waals surface area contributed by atoms with E-state index in [1.807, 2.05) is 91.0 Å². The molecule has 5 atom stereocenters. The largest absolute Gasteiger partial charge is 0.391 e. The zero-order valence-corrected chi connectivity index (χ0v) is 23.6. The lowest BCUT2D eigenvalue weighted by atomic mass is 9.99. The van der Waals surface area contributed by atoms with E-state index in [0.717, 1.165) is 16.7 Å². The van der Waals surface area contributed by atoms with Crippen LogP contribution in [0.1, 0.15) is 23.6 Å². The molecule has 0 radical (unpaired) electrons. The summed E-state index contributed by atoms with van der Waals surface area (Å²) in [4.78, 5) is 0. The lowest BCUT2D eigenvalue weighted by molar-refractivity contribution is -0.195. The Morgan fingerprint density at radius 3 is 1.33 bits per heavy atom. The number of ether oxygens (including phenoxy) is 3. The van der Waals surface area contributed by atoms with Gasteiger partial charge in [0, 0.05) is 14.2 Å². The summed E-state index contributed by atoms with van der Waals surface area (Å²) in [6, 6.07) is 28.6. The molecule has 3 aromatic rings. The Hall–Kier alpha value is -2.39. The predicted molar refractivity (Wildman–Crippen MR) is 149 cm³/mol. The highest BCUT2D eigenvalue weighted by Gasteiger charge is 2.42. The third-order valence-electron chi connectivity index (χ3n) is 6.33. The van der Waals surface area contributed by atoms with Crippen molar-refractivity contribution in [2.45, 2.75) is 57.3 Å². The van der Waals surface area contributed by atoms with Crippen molar-refractivity contribution in [2.24, 2.45) is 0 Å². The SMILES string of the molecule is COP(=O)(CC(O)[C@@H](OCc1ccccc1)[C@H](OCc1ccccc1)[C@H](OCc1ccccc1)[C@H](C)O)OC. The number of hydrogen-bond acceptors (Lipinski definition) is 8. The molecule has 0 spiro atoms. The molecule has 1 unspecified atom stereocenters. The van der Waals surface area contributed by atoms with Crippen molar-refractivity contribution in [3.05, 3.63) is 108 Å². The van der Waals surface area contributed by atoms with Crippen molar-refractivity contribution in [3.63, 3.8) is 0 Å². The Bertz CT molecular complexity index is 1110. The van der Waals surface area contributed by atoms with Gasteiger partial charge in [0.25, 0.3) is 0 Å². The van der Waals surface area contributed by atoms with Crippen molar-refractivity contribution in [1.82, 2.24) is 0 Å². The maximum atomic E-state index is 13.0. The molecule has 0 saturated carbocycles. The molecular weight excluding hydrogens is 519 g/mol. The number of aliphatic hydroxyl groups is 2. The Morgan fingerprint density at radius 1 is 0.615 bits per heavy atom. The van der Waals surface area contributed by atoms with E-state index in [1.54, 1.807) is 6.92 Å². The second-order valence-electron chi connectivity index (χ2n) is 9.25. The van der Waals surface area contributed by atoms with E-state index in [-0.39, 0.29) is 26.0 Å². The van der Waals surface area contributed by atoms with Crippen LogP contribution in [0.4, 0.5) is 0 Å². The molecular formula is C30H39O8P. The van der Waals surface area contributed by atoms with Crippen LogP contribution in [0.15, 0.2) is 91.0 Å². The number of rotatable bonds is 17. The summed E-state index contributed by atoms with van der Waals surface area (Å²) >= 11 is 0. The average Bonchev–Trinajstić information content (AvgIpc) is 2.97. The first-order chi connectivity index (χ1) is 18.8. The van der Waals surface area contributed by atoms with Gasteiger partial charge in [-0.25, -0.2) is 0 Å². The Morgan fingerprint density at radius 2 is 0.974 bits per heavy atom. The Balaban J connectivity index is 1.94. The van der Waals surface area contributed by atoms with Gasteiger partial charge in [-0.05, 0) is 23.6 Å². The van der Waals surface area contributed by atoms with Crippen LogP contribution in [-0.2, 0) is 47.6 Å². The van der Waals surface area contributed by atoms with E-state index >= 15 is 0 Å². The summed E-state index contributed by atoms with van der Waals surface area (Å²) in [7, 11) is -1.08. The minimum atomic E-state index is -3.61. The minimum absolute atomic E-state index is 0.142. The van der Waals surface area contributed by atoms with E-state index in [0.29, 0.717) is 0 Å². The highest BCUT2D eigenvalue weighted by molar-refractivity contribution is 7.53. The van der Waals surface area contributed by atoms with Crippen LogP contribution in [0.3, 0.4) is 0 Å². The van der Waals surface area contributed by atoms with Crippen LogP contribution in [0.5, 0.6) is 0 Å². The normalized spacial score (nSPS) is 15.8. The van der Waals surface area contributed by atoms with Gasteiger partial charge in [0.2, 0.25) is 0 Å². The van der Waals surface area contributed by atoms with Crippen LogP contribution in [0.2, 0.25) is 0 Å². The van der Waals surface area contributed by atoms with Crippen LogP contribution in [-0.4, -0.2) is 61.1 Å². The molecule has 0 bridgehead atoms. The molecule has 3 rings (SSSR count). The molecule has 0 fully saturated rings. The summed E-state index contributed by atoms with van der Waals surface area (Å²) in [5.41, 5.74) is 2.68. The lowest BCUT2D eigenvalue weighted by Crippen LogP contribution is -2.53. The van der Waals surface area contributed by atoms with Gasteiger partial charge in [-0.3, -0.25) is 4.57 Å². The highest BCUT2D eigenvalue weighted by Crippen LogP contribution is 2.47. The van der Waals surface area contributed by atoms with E-state index in [9.17, 15) is 14.8 Å². The highest BCUT2D eigenvalue weighted by atomic mass is 31.2. The fraction of sp³-hybridized carbons (Fsp3) is 0.400. The molecule has 0 amide bonds. The van der Waals surface area contributed by atoms with Crippen LogP contribution < -0.4 is 0 Å². The molecule has 8 nitrogen and oxygen atoms in total. The number of benzene rings is 3. The van der Waals surface area contributed by atoms with Gasteiger partial charge >= 0.3 is 7.60 Å². The molecule has 39 heavy (non-hydrogen) atoms. The Labute approximate surface area is 231 Å². The fourth-order valence-electron chi connectivity index (χ4n) is 4.17. The van der Waals surface area contributed by atoms with Gasteiger partial charge in [-0.1, -0.05) is 91.0 Å². The van der Waals surface area contributed by atoms with Gasteiger partial charge in [0.05, 0.1) is 38.2 Å². The van der Waals surface area contributed by atoms with Gasteiger partial charge in [-0.15, -0.1) is 0 Å². The molecule has 212 valence electrons. The summed E-state index contributed by atoms with van der Waals surface area (Å²) in [5, 5.41) is 22.2. The van der Waals surface area contributed by atoms with Gasteiger partial charge in [0.15, 0.2) is 0 Å². The monoisotopic (exact) mass is 558 g/mol. The van der Waals surface area contributed by atoms with Gasteiger partial charge in [-0.2, -0.15) is 0 Å². The third kappa shape index (κ3) is 9.94. The van der Waals surface area contributed by atoms with Crippen molar-refractivity contribution in [1.29, 1.82) is 0 Å². The average molecular weight is 559 g/mol. The molecule has 0 aliphatic rings. The van der Waals surface area contributed by atoms with Gasteiger partial charge < -0.3 is 33.5 Å². The smallest absolute Gasteiger partial charge is 0.332 e. The molecule has 0 aliphatic carbocycles. The maximum Gasteiger partial charge on any atom is 0.332 e. The number of hydrogen-bond donors (Lipinski definition) is 2. The summed E-state index contributed by atoms with van der Waals surface area (Å²) < 4.78 is 42.0. The molecule has 0 aromatic heterocycles. The van der Waals surface area contributed by atoms with Crippen LogP contribution in [0, 0.1) is 0 Å². The second-order valence-corrected chi connectivity index (χ2v) is 11.6. The summed E-state index contributed by atoms with van der Waals surface area (Å²) in [5.74, 6) is 0. The quantitative estimate of drug-likeness (QED) is 0.224. The third-order valence-corrected chi connectivity index (χ3v) is 8.26. The number of aliphatic hydroxyl groups excluding tert-OH is 2. The fourth-order valence-corrected chi connectivity index (χ4v) is 5.28. The lowest BCUT2D eigenvalue weighted by Gasteiger charge is -2.37. The van der Waals surface area contributed by atoms with Crippen molar-refractivity contribution in [2.75, 3.05) is 20.4 Å². The zero-order valence-electron chi connectivity index (χ0n) is 22.7. The standard InChI is InChI=1S/C30H39O8P/c1-23(31)28(36-19-24-13-7-4-8-14-24)30(38-21-26-17-11-6-12-18-26)29(27(32)22-39(33,34-2)35-3)37-20-25-15-9-5-10-16-25/h4-18,23,27-32H,19-22H2,1-3H3/t23-,27?,28+,29+,30+/m0/s1. The second kappa shape index (κ2) is 16.0. The van der Waals surface area contributed by atoms with Crippen molar-refractivity contribution in [3.8, 4) is 0 Å². The topological polar surface area (TPSA) is 104 Å². The summed E-state index contributed by atoms with van der Waals surface area (Å²) in [6.07, 6.45) is -5.55. The molecule has 2 N–H and O–H groups in total. The molecule has 3 aromatic carbocycles. The van der Waals surface area contributed by atoms with E-state index in [2.05, 4.69) is 0 Å². The van der Waals surface area contributed by atoms with E-state index in [1.165, 1.54) is 14.2 Å². The predicted octanol–water partition coefficient (Wildman–Crippen LogP) is 4.97. The first-order valence-corrected chi connectivity index (χ1v) is 14.6.